The van der Waals surface area contributed by atoms with Gasteiger partial charge < -0.3 is 4.74 Å². The maximum Gasteiger partial charge on any atom is 0.411 e. The van der Waals surface area contributed by atoms with E-state index in [1.165, 1.54) is 0 Å². The molecular formula is C13H19NO2. The summed E-state index contributed by atoms with van der Waals surface area (Å²) in [4.78, 5) is 11.4. The van der Waals surface area contributed by atoms with Gasteiger partial charge in [0.2, 0.25) is 0 Å². The van der Waals surface area contributed by atoms with E-state index in [0.29, 0.717) is 6.61 Å². The molecule has 0 unspecified atom stereocenters. The second kappa shape index (κ2) is 6.16. The van der Waals surface area contributed by atoms with Crippen LogP contribution >= 0.6 is 0 Å². The van der Waals surface area contributed by atoms with E-state index in [9.17, 15) is 4.79 Å². The molecule has 1 aromatic carbocycles. The molecule has 0 saturated carbocycles. The lowest BCUT2D eigenvalue weighted by atomic mass is 10.1. The Bertz CT molecular complexity index is 361. The quantitative estimate of drug-likeness (QED) is 0.788. The van der Waals surface area contributed by atoms with Gasteiger partial charge in [0, 0.05) is 5.69 Å². The van der Waals surface area contributed by atoms with Gasteiger partial charge in [-0.2, -0.15) is 0 Å². The summed E-state index contributed by atoms with van der Waals surface area (Å²) in [5.41, 5.74) is 3.06. The molecule has 0 fully saturated rings. The first-order chi connectivity index (χ1) is 7.65. The molecule has 1 rings (SSSR count). The third-order valence-corrected chi connectivity index (χ3v) is 2.57. The van der Waals surface area contributed by atoms with Gasteiger partial charge in [-0.15, -0.1) is 0 Å². The number of carbonyl (C=O) groups is 1. The summed E-state index contributed by atoms with van der Waals surface area (Å²) in [6, 6.07) is 5.82. The number of aryl methyl sites for hydroxylation is 1. The van der Waals surface area contributed by atoms with Crippen molar-refractivity contribution >= 4 is 11.8 Å². The number of benzene rings is 1. The Morgan fingerprint density at radius 2 is 2.12 bits per heavy atom. The van der Waals surface area contributed by atoms with E-state index in [-0.39, 0.29) is 6.09 Å². The molecule has 16 heavy (non-hydrogen) atoms. The van der Waals surface area contributed by atoms with Crippen molar-refractivity contribution in [2.24, 2.45) is 0 Å². The first kappa shape index (κ1) is 12.6. The molecule has 0 saturated heterocycles. The highest BCUT2D eigenvalue weighted by atomic mass is 16.5. The molecular weight excluding hydrogens is 202 g/mol. The van der Waals surface area contributed by atoms with Gasteiger partial charge in [0.05, 0.1) is 6.61 Å². The highest BCUT2D eigenvalue weighted by Gasteiger charge is 2.05. The Morgan fingerprint density at radius 3 is 2.81 bits per heavy atom. The van der Waals surface area contributed by atoms with E-state index in [0.717, 1.165) is 29.7 Å². The summed E-state index contributed by atoms with van der Waals surface area (Å²) in [6.07, 6.45) is 1.55. The zero-order valence-electron chi connectivity index (χ0n) is 10.2. The van der Waals surface area contributed by atoms with Gasteiger partial charge in [0.15, 0.2) is 0 Å². The predicted octanol–water partition coefficient (Wildman–Crippen LogP) is 3.65. The summed E-state index contributed by atoms with van der Waals surface area (Å²) in [5, 5.41) is 2.75. The number of amides is 1. The molecule has 3 heteroatoms. The van der Waals surface area contributed by atoms with Crippen LogP contribution in [0.1, 0.15) is 30.9 Å². The van der Waals surface area contributed by atoms with E-state index in [4.69, 9.17) is 4.74 Å². The number of nitrogens with one attached hydrogen (secondary N) is 1. The first-order valence-corrected chi connectivity index (χ1v) is 5.65. The molecule has 3 nitrogen and oxygen atoms in total. The fraction of sp³-hybridized carbons (Fsp3) is 0.462. The van der Waals surface area contributed by atoms with Gasteiger partial charge in [-0.05, 0) is 37.5 Å². The number of carbonyl (C=O) groups excluding carboxylic acids is 1. The van der Waals surface area contributed by atoms with Gasteiger partial charge in [-0.3, -0.25) is 5.32 Å². The van der Waals surface area contributed by atoms with Crippen LogP contribution in [0, 0.1) is 13.8 Å². The summed E-state index contributed by atoms with van der Waals surface area (Å²) in [5.74, 6) is 0. The van der Waals surface area contributed by atoms with Crippen molar-refractivity contribution < 1.29 is 9.53 Å². The van der Waals surface area contributed by atoms with Gasteiger partial charge in [-0.25, -0.2) is 4.79 Å². The van der Waals surface area contributed by atoms with Crippen molar-refractivity contribution in [3.8, 4) is 0 Å². The minimum absolute atomic E-state index is 0.373. The van der Waals surface area contributed by atoms with Gasteiger partial charge >= 0.3 is 6.09 Å². The fourth-order valence-corrected chi connectivity index (χ4v) is 1.34. The van der Waals surface area contributed by atoms with Crippen LogP contribution < -0.4 is 5.32 Å². The van der Waals surface area contributed by atoms with Crippen LogP contribution in [0.2, 0.25) is 0 Å². The van der Waals surface area contributed by atoms with E-state index in [1.807, 2.05) is 32.0 Å². The largest absolute Gasteiger partial charge is 0.449 e. The molecule has 0 aromatic heterocycles. The highest BCUT2D eigenvalue weighted by molar-refractivity contribution is 5.85. The Balaban J connectivity index is 2.53. The third kappa shape index (κ3) is 3.57. The maximum absolute atomic E-state index is 11.4. The van der Waals surface area contributed by atoms with Crippen LogP contribution in [0.15, 0.2) is 18.2 Å². The van der Waals surface area contributed by atoms with Gasteiger partial charge in [0.25, 0.3) is 0 Å². The topological polar surface area (TPSA) is 38.3 Å². The lowest BCUT2D eigenvalue weighted by Crippen LogP contribution is -2.15. The van der Waals surface area contributed by atoms with E-state index in [1.54, 1.807) is 0 Å². The number of hydrogen-bond acceptors (Lipinski definition) is 2. The number of anilines is 1. The molecule has 0 spiro atoms. The molecule has 1 aromatic rings. The number of hydrogen-bond donors (Lipinski definition) is 1. The number of unbranched alkanes of at least 4 members (excludes halogenated alkanes) is 1. The molecule has 0 bridgehead atoms. The van der Waals surface area contributed by atoms with Crippen LogP contribution in [0.3, 0.4) is 0 Å². The third-order valence-electron chi connectivity index (χ3n) is 2.57. The van der Waals surface area contributed by atoms with Crippen LogP contribution in [0.25, 0.3) is 0 Å². The normalized spacial score (nSPS) is 9.94. The summed E-state index contributed by atoms with van der Waals surface area (Å²) in [6.45, 7) is 6.54. The van der Waals surface area contributed by atoms with Crippen molar-refractivity contribution in [2.75, 3.05) is 11.9 Å². The second-order valence-corrected chi connectivity index (χ2v) is 3.86. The molecule has 88 valence electrons. The van der Waals surface area contributed by atoms with Crippen molar-refractivity contribution in [1.29, 1.82) is 0 Å². The number of ether oxygens (including phenoxy) is 1. The molecule has 0 atom stereocenters. The van der Waals surface area contributed by atoms with E-state index < -0.39 is 0 Å². The zero-order chi connectivity index (χ0) is 12.0. The Labute approximate surface area is 96.8 Å². The predicted molar refractivity (Wildman–Crippen MR) is 65.8 cm³/mol. The fourth-order valence-electron chi connectivity index (χ4n) is 1.34. The van der Waals surface area contributed by atoms with Crippen LogP contribution in [0.5, 0.6) is 0 Å². The van der Waals surface area contributed by atoms with E-state index >= 15 is 0 Å². The Morgan fingerprint density at radius 1 is 1.38 bits per heavy atom. The van der Waals surface area contributed by atoms with Crippen LogP contribution in [-0.2, 0) is 4.74 Å². The second-order valence-electron chi connectivity index (χ2n) is 3.86. The lowest BCUT2D eigenvalue weighted by molar-refractivity contribution is 0.160. The molecule has 0 aliphatic carbocycles. The van der Waals surface area contributed by atoms with Crippen LogP contribution in [0.4, 0.5) is 10.5 Å². The average Bonchev–Trinajstić information content (AvgIpc) is 2.25. The van der Waals surface area contributed by atoms with E-state index in [2.05, 4.69) is 12.2 Å². The standard InChI is InChI=1S/C13H19NO2/c1-4-5-9-16-13(15)14-12-8-6-7-10(2)11(12)3/h6-8H,4-5,9H2,1-3H3,(H,14,15). The van der Waals surface area contributed by atoms with Crippen molar-refractivity contribution in [2.45, 2.75) is 33.6 Å². The summed E-state index contributed by atoms with van der Waals surface area (Å²) in [7, 11) is 0. The molecule has 1 amide bonds. The van der Waals surface area contributed by atoms with Crippen LogP contribution in [-0.4, -0.2) is 12.7 Å². The molecule has 0 heterocycles. The lowest BCUT2D eigenvalue weighted by Gasteiger charge is -2.10. The molecule has 1 N–H and O–H groups in total. The zero-order valence-corrected chi connectivity index (χ0v) is 10.2. The molecule has 0 radical (unpaired) electrons. The molecule has 0 aliphatic heterocycles. The monoisotopic (exact) mass is 221 g/mol. The van der Waals surface area contributed by atoms with Gasteiger partial charge in [0.1, 0.15) is 0 Å². The Kier molecular flexibility index (Phi) is 4.83. The van der Waals surface area contributed by atoms with Crippen molar-refractivity contribution in [1.82, 2.24) is 0 Å². The minimum atomic E-state index is -0.373. The summed E-state index contributed by atoms with van der Waals surface area (Å²) >= 11 is 0. The minimum Gasteiger partial charge on any atom is -0.449 e. The smallest absolute Gasteiger partial charge is 0.411 e. The maximum atomic E-state index is 11.4. The average molecular weight is 221 g/mol. The van der Waals surface area contributed by atoms with Crippen molar-refractivity contribution in [3.63, 3.8) is 0 Å². The summed E-state index contributed by atoms with van der Waals surface area (Å²) < 4.78 is 5.03. The first-order valence-electron chi connectivity index (χ1n) is 5.65. The highest BCUT2D eigenvalue weighted by Crippen LogP contribution is 2.17. The van der Waals surface area contributed by atoms with Crippen molar-refractivity contribution in [3.05, 3.63) is 29.3 Å². The SMILES string of the molecule is CCCCOC(=O)Nc1cccc(C)c1C. The molecule has 0 aliphatic rings. The Hall–Kier alpha value is -1.51. The van der Waals surface area contributed by atoms with Gasteiger partial charge in [-0.1, -0.05) is 25.5 Å². The number of rotatable bonds is 4.